The van der Waals surface area contributed by atoms with Crippen molar-refractivity contribution in [3.63, 3.8) is 0 Å². The van der Waals surface area contributed by atoms with Crippen molar-refractivity contribution in [3.05, 3.63) is 29.8 Å². The summed E-state index contributed by atoms with van der Waals surface area (Å²) in [6.45, 7) is 1.98. The number of hydrazine groups is 1. The Balaban J connectivity index is 1.66. The molecule has 6 nitrogen and oxygen atoms in total. The van der Waals surface area contributed by atoms with Gasteiger partial charge in [-0.15, -0.1) is 0 Å². The second-order valence-electron chi connectivity index (χ2n) is 6.15. The molecule has 122 valence electrons. The molecule has 1 aliphatic carbocycles. The van der Waals surface area contributed by atoms with Crippen molar-refractivity contribution in [2.45, 2.75) is 44.6 Å². The largest absolute Gasteiger partial charge is 0.344 e. The number of thiocarbonyl (C=S) groups is 1. The minimum Gasteiger partial charge on any atom is -0.331 e. The van der Waals surface area contributed by atoms with Gasteiger partial charge in [-0.1, -0.05) is 31.4 Å². The van der Waals surface area contributed by atoms with Gasteiger partial charge in [-0.05, 0) is 49.7 Å². The number of amides is 3. The topological polar surface area (TPSA) is 73.5 Å². The highest BCUT2D eigenvalue weighted by atomic mass is 32.1. The Labute approximate surface area is 140 Å². The van der Waals surface area contributed by atoms with Crippen LogP contribution in [0.4, 0.5) is 10.5 Å². The number of aryl methyl sites for hydroxylation is 1. The molecule has 0 bridgehead atoms. The summed E-state index contributed by atoms with van der Waals surface area (Å²) in [5.74, 6) is -0.240. The summed E-state index contributed by atoms with van der Waals surface area (Å²) in [4.78, 5) is 24.8. The number of hydrogen-bond donors (Lipinski definition) is 3. The third-order valence-corrected chi connectivity index (χ3v) is 4.55. The summed E-state index contributed by atoms with van der Waals surface area (Å²) in [6, 6.07) is 7.25. The maximum atomic E-state index is 12.6. The number of imide groups is 1. The molecule has 1 aliphatic heterocycles. The average Bonchev–Trinajstić information content (AvgIpc) is 2.72. The second-order valence-corrected chi connectivity index (χ2v) is 6.56. The van der Waals surface area contributed by atoms with Crippen LogP contribution in [0, 0.1) is 6.92 Å². The van der Waals surface area contributed by atoms with E-state index < -0.39 is 11.6 Å². The zero-order valence-electron chi connectivity index (χ0n) is 13.0. The highest BCUT2D eigenvalue weighted by Gasteiger charge is 2.51. The highest BCUT2D eigenvalue weighted by molar-refractivity contribution is 7.80. The first-order valence-electron chi connectivity index (χ1n) is 7.81. The number of anilines is 1. The van der Waals surface area contributed by atoms with E-state index >= 15 is 0 Å². The van der Waals surface area contributed by atoms with Gasteiger partial charge in [-0.3, -0.25) is 10.2 Å². The smallest absolute Gasteiger partial charge is 0.331 e. The summed E-state index contributed by atoms with van der Waals surface area (Å²) in [7, 11) is 0. The maximum absolute atomic E-state index is 12.6. The van der Waals surface area contributed by atoms with Crippen molar-refractivity contribution < 1.29 is 9.59 Å². The number of rotatable bonds is 2. The van der Waals surface area contributed by atoms with E-state index in [4.69, 9.17) is 12.2 Å². The van der Waals surface area contributed by atoms with E-state index in [1.54, 1.807) is 0 Å². The molecule has 1 aromatic carbocycles. The summed E-state index contributed by atoms with van der Waals surface area (Å²) < 4.78 is 0. The Morgan fingerprint density at radius 2 is 2.00 bits per heavy atom. The maximum Gasteiger partial charge on any atom is 0.344 e. The van der Waals surface area contributed by atoms with Crippen molar-refractivity contribution in [3.8, 4) is 0 Å². The molecule has 2 aliphatic rings. The van der Waals surface area contributed by atoms with Crippen LogP contribution >= 0.6 is 12.2 Å². The number of urea groups is 1. The number of nitrogens with zero attached hydrogens (tertiary/aromatic N) is 1. The van der Waals surface area contributed by atoms with Gasteiger partial charge in [-0.2, -0.15) is 5.01 Å². The predicted octanol–water partition coefficient (Wildman–Crippen LogP) is 2.45. The lowest BCUT2D eigenvalue weighted by Crippen LogP contribution is -2.51. The fraction of sp³-hybridized carbons (Fsp3) is 0.438. The number of nitrogens with one attached hydrogen (secondary N) is 3. The van der Waals surface area contributed by atoms with Gasteiger partial charge in [-0.25, -0.2) is 4.79 Å². The molecule has 1 saturated carbocycles. The molecular formula is C16H20N4O2S. The molecule has 0 radical (unpaired) electrons. The Morgan fingerprint density at radius 3 is 2.70 bits per heavy atom. The Morgan fingerprint density at radius 1 is 1.26 bits per heavy atom. The van der Waals surface area contributed by atoms with Gasteiger partial charge < -0.3 is 10.6 Å². The standard InChI is InChI=1S/C16H20N4O2S/c1-11-6-5-7-12(10-11)17-14(23)19-20-13(21)16(18-15(20)22)8-3-2-4-9-16/h5-7,10H,2-4,8-9H2,1H3,(H,18,22)(H2,17,19,23). The van der Waals surface area contributed by atoms with E-state index in [1.807, 2.05) is 31.2 Å². The van der Waals surface area contributed by atoms with E-state index in [1.165, 1.54) is 0 Å². The summed E-state index contributed by atoms with van der Waals surface area (Å²) >= 11 is 5.22. The molecule has 3 N–H and O–H groups in total. The van der Waals surface area contributed by atoms with Crippen LogP contribution in [-0.2, 0) is 4.79 Å². The van der Waals surface area contributed by atoms with Crippen LogP contribution in [0.5, 0.6) is 0 Å². The van der Waals surface area contributed by atoms with Gasteiger partial charge in [0.15, 0.2) is 5.11 Å². The van der Waals surface area contributed by atoms with Gasteiger partial charge in [0.25, 0.3) is 5.91 Å². The zero-order chi connectivity index (χ0) is 16.4. The minimum absolute atomic E-state index is 0.215. The van der Waals surface area contributed by atoms with Crippen molar-refractivity contribution in [2.75, 3.05) is 5.32 Å². The lowest BCUT2D eigenvalue weighted by Gasteiger charge is -2.30. The quantitative estimate of drug-likeness (QED) is 0.573. The van der Waals surface area contributed by atoms with Gasteiger partial charge in [0.05, 0.1) is 0 Å². The van der Waals surface area contributed by atoms with E-state index in [2.05, 4.69) is 16.1 Å². The normalized spacial score (nSPS) is 19.6. The van der Waals surface area contributed by atoms with Gasteiger partial charge in [0.2, 0.25) is 0 Å². The summed E-state index contributed by atoms with van der Waals surface area (Å²) in [5.41, 5.74) is 3.86. The first kappa shape index (κ1) is 15.7. The molecule has 1 spiro atoms. The zero-order valence-corrected chi connectivity index (χ0v) is 13.8. The second kappa shape index (κ2) is 6.16. The van der Waals surface area contributed by atoms with Crippen molar-refractivity contribution in [1.82, 2.24) is 15.8 Å². The molecule has 0 unspecified atom stereocenters. The van der Waals surface area contributed by atoms with Crippen LogP contribution in [0.1, 0.15) is 37.7 Å². The van der Waals surface area contributed by atoms with Crippen LogP contribution in [0.25, 0.3) is 0 Å². The molecule has 0 aromatic heterocycles. The first-order valence-corrected chi connectivity index (χ1v) is 8.22. The fourth-order valence-electron chi connectivity index (χ4n) is 3.20. The van der Waals surface area contributed by atoms with E-state index in [0.717, 1.165) is 35.5 Å². The molecule has 0 atom stereocenters. The number of benzene rings is 1. The summed E-state index contributed by atoms with van der Waals surface area (Å²) in [5, 5.41) is 7.03. The van der Waals surface area contributed by atoms with Crippen LogP contribution < -0.4 is 16.1 Å². The molecule has 3 amide bonds. The van der Waals surface area contributed by atoms with Crippen molar-refractivity contribution in [2.24, 2.45) is 0 Å². The van der Waals surface area contributed by atoms with E-state index in [9.17, 15) is 9.59 Å². The third-order valence-electron chi connectivity index (χ3n) is 4.36. The van der Waals surface area contributed by atoms with E-state index in [-0.39, 0.29) is 11.0 Å². The molecule has 2 fully saturated rings. The van der Waals surface area contributed by atoms with Crippen molar-refractivity contribution in [1.29, 1.82) is 0 Å². The molecule has 23 heavy (non-hydrogen) atoms. The SMILES string of the molecule is Cc1cccc(NC(=S)NN2C(=O)NC3(CCCCC3)C2=O)c1. The lowest BCUT2D eigenvalue weighted by molar-refractivity contribution is -0.133. The number of carbonyl (C=O) groups is 2. The number of carbonyl (C=O) groups excluding carboxylic acids is 2. The van der Waals surface area contributed by atoms with E-state index in [0.29, 0.717) is 12.8 Å². The minimum atomic E-state index is -0.749. The molecule has 1 aromatic rings. The van der Waals surface area contributed by atoms with Gasteiger partial charge in [0, 0.05) is 5.69 Å². The average molecular weight is 332 g/mol. The first-order chi connectivity index (χ1) is 11.0. The lowest BCUT2D eigenvalue weighted by atomic mass is 9.82. The molecule has 3 rings (SSSR count). The Hall–Kier alpha value is -2.15. The Bertz CT molecular complexity index is 655. The molecule has 1 heterocycles. The Kier molecular flexibility index (Phi) is 4.21. The van der Waals surface area contributed by atoms with Crippen LogP contribution in [0.15, 0.2) is 24.3 Å². The molecular weight excluding hydrogens is 312 g/mol. The monoisotopic (exact) mass is 332 g/mol. The fourth-order valence-corrected chi connectivity index (χ4v) is 3.41. The third kappa shape index (κ3) is 3.14. The number of hydrogen-bond acceptors (Lipinski definition) is 3. The van der Waals surface area contributed by atoms with Crippen LogP contribution in [-0.4, -0.2) is 27.6 Å². The summed E-state index contributed by atoms with van der Waals surface area (Å²) in [6.07, 6.45) is 4.38. The van der Waals surface area contributed by atoms with Crippen LogP contribution in [0.2, 0.25) is 0 Å². The molecule has 7 heteroatoms. The van der Waals surface area contributed by atoms with Gasteiger partial charge in [0.1, 0.15) is 5.54 Å². The predicted molar refractivity (Wildman–Crippen MR) is 91.7 cm³/mol. The van der Waals surface area contributed by atoms with Crippen molar-refractivity contribution >= 4 is 35.0 Å². The van der Waals surface area contributed by atoms with Crippen LogP contribution in [0.3, 0.4) is 0 Å². The highest BCUT2D eigenvalue weighted by Crippen LogP contribution is 2.32. The molecule has 1 saturated heterocycles. The van der Waals surface area contributed by atoms with Gasteiger partial charge >= 0.3 is 6.03 Å².